The van der Waals surface area contributed by atoms with Crippen LogP contribution in [0.2, 0.25) is 0 Å². The first-order chi connectivity index (χ1) is 9.47. The zero-order valence-corrected chi connectivity index (χ0v) is 12.9. The van der Waals surface area contributed by atoms with Gasteiger partial charge in [-0.3, -0.25) is 4.79 Å². The van der Waals surface area contributed by atoms with Gasteiger partial charge in [0.1, 0.15) is 0 Å². The first-order valence-electron chi connectivity index (χ1n) is 5.92. The molecule has 0 saturated heterocycles. The molecule has 2 nitrogen and oxygen atoms in total. The Hall–Kier alpha value is -1.50. The Balaban J connectivity index is 2.11. The van der Waals surface area contributed by atoms with Gasteiger partial charge < -0.3 is 4.90 Å². The quantitative estimate of drug-likeness (QED) is 0.733. The van der Waals surface area contributed by atoms with Crippen molar-refractivity contribution in [3.8, 4) is 0 Å². The van der Waals surface area contributed by atoms with Gasteiger partial charge in [-0.25, -0.2) is 8.78 Å². The van der Waals surface area contributed by atoms with Crippen molar-refractivity contribution in [1.82, 2.24) is 4.90 Å². The lowest BCUT2D eigenvalue weighted by Crippen LogP contribution is -2.26. The Bertz CT molecular complexity index is 628. The summed E-state index contributed by atoms with van der Waals surface area (Å²) < 4.78 is 27.0. The van der Waals surface area contributed by atoms with Crippen LogP contribution in [0.4, 0.5) is 8.78 Å². The maximum absolute atomic E-state index is 13.1. The van der Waals surface area contributed by atoms with Gasteiger partial charge in [0, 0.05) is 22.7 Å². The van der Waals surface area contributed by atoms with Gasteiger partial charge in [-0.2, -0.15) is 0 Å². The van der Waals surface area contributed by atoms with Gasteiger partial charge in [-0.15, -0.1) is 0 Å². The lowest BCUT2D eigenvalue weighted by atomic mass is 10.1. The van der Waals surface area contributed by atoms with Crippen molar-refractivity contribution in [3.63, 3.8) is 0 Å². The van der Waals surface area contributed by atoms with Crippen LogP contribution in [0.1, 0.15) is 15.9 Å². The third-order valence-corrected chi connectivity index (χ3v) is 3.56. The lowest BCUT2D eigenvalue weighted by molar-refractivity contribution is 0.0785. The van der Waals surface area contributed by atoms with E-state index in [1.165, 1.54) is 11.0 Å². The van der Waals surface area contributed by atoms with Gasteiger partial charge >= 0.3 is 0 Å². The number of carbonyl (C=O) groups is 1. The van der Waals surface area contributed by atoms with Crippen molar-refractivity contribution >= 4 is 28.5 Å². The smallest absolute Gasteiger partial charge is 0.253 e. The Morgan fingerprint density at radius 3 is 2.35 bits per heavy atom. The third-order valence-electron chi connectivity index (χ3n) is 2.84. The van der Waals surface area contributed by atoms with E-state index < -0.39 is 11.6 Å². The highest BCUT2D eigenvalue weighted by molar-refractivity contribution is 14.1. The second kappa shape index (κ2) is 6.30. The van der Waals surface area contributed by atoms with E-state index in [9.17, 15) is 13.6 Å². The number of benzene rings is 2. The fourth-order valence-electron chi connectivity index (χ4n) is 1.80. The van der Waals surface area contributed by atoms with Crippen LogP contribution in [0, 0.1) is 15.2 Å². The Morgan fingerprint density at radius 2 is 1.75 bits per heavy atom. The normalized spacial score (nSPS) is 10.4. The van der Waals surface area contributed by atoms with Crippen LogP contribution in [0.25, 0.3) is 0 Å². The number of carbonyl (C=O) groups excluding carboxylic acids is 1. The van der Waals surface area contributed by atoms with Crippen LogP contribution in [-0.4, -0.2) is 17.9 Å². The molecule has 1 amide bonds. The van der Waals surface area contributed by atoms with E-state index in [-0.39, 0.29) is 12.5 Å². The molecule has 0 aromatic heterocycles. The zero-order chi connectivity index (χ0) is 14.7. The molecule has 0 aliphatic carbocycles. The SMILES string of the molecule is CN(Cc1ccc(F)c(F)c1)C(=O)c1ccc(I)cc1. The molecule has 0 fully saturated rings. The topological polar surface area (TPSA) is 20.3 Å². The van der Waals surface area contributed by atoms with Gasteiger partial charge in [0.05, 0.1) is 0 Å². The average molecular weight is 387 g/mol. The van der Waals surface area contributed by atoms with E-state index >= 15 is 0 Å². The number of nitrogens with zero attached hydrogens (tertiary/aromatic N) is 1. The molecular weight excluding hydrogens is 375 g/mol. The summed E-state index contributed by atoms with van der Waals surface area (Å²) in [6.07, 6.45) is 0. The second-order valence-corrected chi connectivity index (χ2v) is 5.66. The summed E-state index contributed by atoms with van der Waals surface area (Å²) in [4.78, 5) is 13.6. The summed E-state index contributed by atoms with van der Waals surface area (Å²) in [7, 11) is 1.63. The molecule has 2 aromatic rings. The number of halogens is 3. The molecule has 0 unspecified atom stereocenters. The Labute approximate surface area is 129 Å². The third kappa shape index (κ3) is 3.53. The standard InChI is InChI=1S/C15H12F2INO/c1-19(9-10-2-7-13(16)14(17)8-10)15(20)11-3-5-12(18)6-4-11/h2-8H,9H2,1H3. The predicted octanol–water partition coefficient (Wildman–Crippen LogP) is 3.84. The highest BCUT2D eigenvalue weighted by Gasteiger charge is 2.12. The van der Waals surface area contributed by atoms with Gasteiger partial charge in [0.2, 0.25) is 0 Å². The molecule has 0 bridgehead atoms. The number of hydrogen-bond acceptors (Lipinski definition) is 1. The molecule has 0 aliphatic rings. The summed E-state index contributed by atoms with van der Waals surface area (Å²) in [6, 6.07) is 10.8. The molecule has 0 aliphatic heterocycles. The molecule has 0 saturated carbocycles. The molecule has 0 spiro atoms. The first kappa shape index (κ1) is 14.9. The van der Waals surface area contributed by atoms with Crippen molar-refractivity contribution in [1.29, 1.82) is 0 Å². The van der Waals surface area contributed by atoms with Crippen LogP contribution in [0.5, 0.6) is 0 Å². The van der Waals surface area contributed by atoms with Crippen LogP contribution in [0.15, 0.2) is 42.5 Å². The monoisotopic (exact) mass is 387 g/mol. The molecular formula is C15H12F2INO. The van der Waals surface area contributed by atoms with E-state index in [2.05, 4.69) is 22.6 Å². The molecule has 20 heavy (non-hydrogen) atoms. The maximum Gasteiger partial charge on any atom is 0.253 e. The van der Waals surface area contributed by atoms with Crippen molar-refractivity contribution in [2.24, 2.45) is 0 Å². The largest absolute Gasteiger partial charge is 0.337 e. The van der Waals surface area contributed by atoms with Crippen molar-refractivity contribution in [2.45, 2.75) is 6.54 Å². The van der Waals surface area contributed by atoms with Crippen molar-refractivity contribution in [2.75, 3.05) is 7.05 Å². The highest BCUT2D eigenvalue weighted by Crippen LogP contribution is 2.13. The van der Waals surface area contributed by atoms with Gasteiger partial charge in [-0.05, 0) is 64.6 Å². The minimum atomic E-state index is -0.905. The second-order valence-electron chi connectivity index (χ2n) is 4.42. The van der Waals surface area contributed by atoms with Crippen LogP contribution >= 0.6 is 22.6 Å². The van der Waals surface area contributed by atoms with Gasteiger partial charge in [-0.1, -0.05) is 6.07 Å². The van der Waals surface area contributed by atoms with Crippen LogP contribution < -0.4 is 0 Å². The summed E-state index contributed by atoms with van der Waals surface area (Å²) in [5.41, 5.74) is 1.11. The number of amides is 1. The predicted molar refractivity (Wildman–Crippen MR) is 81.3 cm³/mol. The summed E-state index contributed by atoms with van der Waals surface area (Å²) >= 11 is 2.16. The van der Waals surface area contributed by atoms with E-state index in [4.69, 9.17) is 0 Å². The molecule has 2 rings (SSSR count). The number of rotatable bonds is 3. The van der Waals surface area contributed by atoms with E-state index in [1.807, 2.05) is 12.1 Å². The molecule has 5 heteroatoms. The molecule has 0 N–H and O–H groups in total. The van der Waals surface area contributed by atoms with Crippen molar-refractivity contribution < 1.29 is 13.6 Å². The van der Waals surface area contributed by atoms with E-state index in [0.29, 0.717) is 11.1 Å². The zero-order valence-electron chi connectivity index (χ0n) is 10.7. The summed E-state index contributed by atoms with van der Waals surface area (Å²) in [5, 5.41) is 0. The Kier molecular flexibility index (Phi) is 4.69. The minimum Gasteiger partial charge on any atom is -0.337 e. The van der Waals surface area contributed by atoms with Crippen LogP contribution in [0.3, 0.4) is 0 Å². The van der Waals surface area contributed by atoms with E-state index in [1.54, 1.807) is 19.2 Å². The molecule has 104 valence electrons. The van der Waals surface area contributed by atoms with Gasteiger partial charge in [0.25, 0.3) is 5.91 Å². The summed E-state index contributed by atoms with van der Waals surface area (Å²) in [5.74, 6) is -1.95. The fraction of sp³-hybridized carbons (Fsp3) is 0.133. The molecule has 0 atom stereocenters. The van der Waals surface area contributed by atoms with Crippen LogP contribution in [-0.2, 0) is 6.54 Å². The fourth-order valence-corrected chi connectivity index (χ4v) is 2.16. The Morgan fingerprint density at radius 1 is 1.10 bits per heavy atom. The maximum atomic E-state index is 13.1. The first-order valence-corrected chi connectivity index (χ1v) is 7.00. The molecule has 0 radical (unpaired) electrons. The lowest BCUT2D eigenvalue weighted by Gasteiger charge is -2.17. The van der Waals surface area contributed by atoms with E-state index in [0.717, 1.165) is 15.7 Å². The summed E-state index contributed by atoms with van der Waals surface area (Å²) in [6.45, 7) is 0.224. The minimum absolute atomic E-state index is 0.161. The number of hydrogen-bond donors (Lipinski definition) is 0. The average Bonchev–Trinajstić information content (AvgIpc) is 2.43. The molecule has 2 aromatic carbocycles. The highest BCUT2D eigenvalue weighted by atomic mass is 127. The van der Waals surface area contributed by atoms with Crippen molar-refractivity contribution in [3.05, 3.63) is 68.8 Å². The van der Waals surface area contributed by atoms with Gasteiger partial charge in [0.15, 0.2) is 11.6 Å². The molecule has 0 heterocycles.